The maximum atomic E-state index is 4.41. The van der Waals surface area contributed by atoms with Crippen molar-refractivity contribution in [2.75, 3.05) is 4.90 Å². The fourth-order valence-corrected chi connectivity index (χ4v) is 8.71. The molecular formula is C50H39N3. The van der Waals surface area contributed by atoms with Crippen LogP contribution in [0, 0.1) is 0 Å². The molecule has 8 aromatic rings. The van der Waals surface area contributed by atoms with Crippen LogP contribution in [0.25, 0.3) is 56.0 Å². The molecule has 3 nitrogen and oxygen atoms in total. The molecule has 254 valence electrons. The highest BCUT2D eigenvalue weighted by atomic mass is 15.1. The van der Waals surface area contributed by atoms with Gasteiger partial charge in [-0.05, 0) is 130 Å². The summed E-state index contributed by atoms with van der Waals surface area (Å²) in [6.45, 7) is 4.70. The molecule has 0 bridgehead atoms. The third-order valence-electron chi connectivity index (χ3n) is 11.3. The fraction of sp³-hybridized carbons (Fsp3) is 0.100. The Hall–Kier alpha value is -6.45. The van der Waals surface area contributed by atoms with Crippen molar-refractivity contribution in [3.8, 4) is 39.1 Å². The van der Waals surface area contributed by atoms with Gasteiger partial charge in [0, 0.05) is 57.2 Å². The maximum Gasteiger partial charge on any atom is 0.0538 e. The molecule has 0 saturated heterocycles. The molecule has 2 aliphatic rings. The number of hydrogen-bond acceptors (Lipinski definition) is 2. The Bertz CT molecular complexity index is 2680. The second-order valence-corrected chi connectivity index (χ2v) is 14.8. The SMILES string of the molecule is CC1(C)c2ccccc2-c2ccc(N(c3ccc(-c4ccc5c(c4)c4c(n5-c5ccccc5)C=CCC4)cc3)c3cccc(-c4cccnc4)c3)cc21. The van der Waals surface area contributed by atoms with Crippen molar-refractivity contribution in [3.05, 3.63) is 193 Å². The first-order chi connectivity index (χ1) is 26.0. The first kappa shape index (κ1) is 31.3. The average molecular weight is 682 g/mol. The van der Waals surface area contributed by atoms with Crippen LogP contribution in [0.3, 0.4) is 0 Å². The molecule has 0 fully saturated rings. The van der Waals surface area contributed by atoms with Gasteiger partial charge in [0.15, 0.2) is 0 Å². The number of para-hydroxylation sites is 1. The van der Waals surface area contributed by atoms with E-state index in [1.165, 1.54) is 61.2 Å². The van der Waals surface area contributed by atoms with Crippen LogP contribution < -0.4 is 4.90 Å². The van der Waals surface area contributed by atoms with Crippen LogP contribution in [0.2, 0.25) is 0 Å². The lowest BCUT2D eigenvalue weighted by Crippen LogP contribution is -2.16. The third-order valence-corrected chi connectivity index (χ3v) is 11.3. The molecule has 53 heavy (non-hydrogen) atoms. The molecule has 6 aromatic carbocycles. The highest BCUT2D eigenvalue weighted by molar-refractivity contribution is 5.94. The standard InChI is InChI=1S/C50H39N3/c1-50(2)46-19-8-6-17-42(46)43-27-26-41(32-47(43)50)52(40-16-10-12-35(30-40)37-13-11-29-51-33-37)39-24-21-34(22-25-39)36-23-28-49-45(31-36)44-18-7-9-20-48(44)53(49)38-14-4-3-5-15-38/h3-6,8-17,19-33H,7,18H2,1-2H3. The first-order valence-electron chi connectivity index (χ1n) is 18.6. The molecule has 0 amide bonds. The van der Waals surface area contributed by atoms with Gasteiger partial charge in [0.1, 0.15) is 0 Å². The van der Waals surface area contributed by atoms with Gasteiger partial charge in [-0.2, -0.15) is 0 Å². The summed E-state index contributed by atoms with van der Waals surface area (Å²) < 4.78 is 2.42. The second kappa shape index (κ2) is 12.4. The minimum Gasteiger partial charge on any atom is -0.310 e. The molecule has 2 aliphatic carbocycles. The molecule has 10 rings (SSSR count). The zero-order chi connectivity index (χ0) is 35.5. The van der Waals surface area contributed by atoms with Crippen molar-refractivity contribution in [2.24, 2.45) is 0 Å². The number of pyridine rings is 1. The van der Waals surface area contributed by atoms with Crippen molar-refractivity contribution < 1.29 is 0 Å². The molecule has 0 unspecified atom stereocenters. The highest BCUT2D eigenvalue weighted by Gasteiger charge is 2.35. The van der Waals surface area contributed by atoms with Crippen LogP contribution in [0.1, 0.15) is 42.7 Å². The van der Waals surface area contributed by atoms with Crippen LogP contribution in [0.5, 0.6) is 0 Å². The van der Waals surface area contributed by atoms with Gasteiger partial charge in [0.05, 0.1) is 5.52 Å². The number of benzene rings is 6. The number of allylic oxidation sites excluding steroid dienone is 1. The lowest BCUT2D eigenvalue weighted by molar-refractivity contribution is 0.660. The van der Waals surface area contributed by atoms with E-state index in [0.29, 0.717) is 0 Å². The van der Waals surface area contributed by atoms with E-state index >= 15 is 0 Å². The van der Waals surface area contributed by atoms with E-state index in [2.05, 4.69) is 186 Å². The fourth-order valence-electron chi connectivity index (χ4n) is 8.71. The van der Waals surface area contributed by atoms with Crippen molar-refractivity contribution in [3.63, 3.8) is 0 Å². The Morgan fingerprint density at radius 2 is 1.32 bits per heavy atom. The van der Waals surface area contributed by atoms with Crippen LogP contribution in [0.4, 0.5) is 17.1 Å². The van der Waals surface area contributed by atoms with Gasteiger partial charge in [-0.25, -0.2) is 0 Å². The predicted octanol–water partition coefficient (Wildman–Crippen LogP) is 13.1. The van der Waals surface area contributed by atoms with Crippen molar-refractivity contribution in [2.45, 2.75) is 32.1 Å². The van der Waals surface area contributed by atoms with E-state index in [4.69, 9.17) is 0 Å². The van der Waals surface area contributed by atoms with Gasteiger partial charge in [-0.3, -0.25) is 4.98 Å². The lowest BCUT2D eigenvalue weighted by Gasteiger charge is -2.28. The van der Waals surface area contributed by atoms with Gasteiger partial charge >= 0.3 is 0 Å². The van der Waals surface area contributed by atoms with Crippen molar-refractivity contribution >= 4 is 34.0 Å². The Labute approximate surface area is 311 Å². The van der Waals surface area contributed by atoms with Crippen LogP contribution >= 0.6 is 0 Å². The third kappa shape index (κ3) is 5.15. The summed E-state index contributed by atoms with van der Waals surface area (Å²) in [4.78, 5) is 6.80. The number of nitrogens with zero attached hydrogens (tertiary/aromatic N) is 3. The minimum atomic E-state index is -0.0951. The first-order valence-corrected chi connectivity index (χ1v) is 18.6. The zero-order valence-electron chi connectivity index (χ0n) is 30.0. The van der Waals surface area contributed by atoms with Gasteiger partial charge < -0.3 is 9.47 Å². The summed E-state index contributed by atoms with van der Waals surface area (Å²) in [6.07, 6.45) is 10.5. The smallest absolute Gasteiger partial charge is 0.0538 e. The van der Waals surface area contributed by atoms with E-state index in [0.717, 1.165) is 41.0 Å². The van der Waals surface area contributed by atoms with E-state index in [-0.39, 0.29) is 5.41 Å². The Morgan fingerprint density at radius 3 is 2.17 bits per heavy atom. The van der Waals surface area contributed by atoms with Crippen LogP contribution in [-0.4, -0.2) is 9.55 Å². The molecule has 0 atom stereocenters. The van der Waals surface area contributed by atoms with Crippen LogP contribution in [-0.2, 0) is 11.8 Å². The maximum absolute atomic E-state index is 4.41. The highest BCUT2D eigenvalue weighted by Crippen LogP contribution is 2.51. The minimum absolute atomic E-state index is 0.0951. The second-order valence-electron chi connectivity index (χ2n) is 14.8. The molecular weight excluding hydrogens is 643 g/mol. The number of hydrogen-bond donors (Lipinski definition) is 0. The quantitative estimate of drug-likeness (QED) is 0.174. The van der Waals surface area contributed by atoms with Gasteiger partial charge in [0.2, 0.25) is 0 Å². The van der Waals surface area contributed by atoms with E-state index < -0.39 is 0 Å². The predicted molar refractivity (Wildman–Crippen MR) is 222 cm³/mol. The number of anilines is 3. The monoisotopic (exact) mass is 681 g/mol. The number of aromatic nitrogens is 2. The Morgan fingerprint density at radius 1 is 0.585 bits per heavy atom. The van der Waals surface area contributed by atoms with Crippen molar-refractivity contribution in [1.29, 1.82) is 0 Å². The van der Waals surface area contributed by atoms with E-state index in [1.54, 1.807) is 0 Å². The van der Waals surface area contributed by atoms with Crippen LogP contribution in [0.15, 0.2) is 170 Å². The molecule has 0 saturated carbocycles. The van der Waals surface area contributed by atoms with Gasteiger partial charge in [0.25, 0.3) is 0 Å². The average Bonchev–Trinajstić information content (AvgIpc) is 3.67. The topological polar surface area (TPSA) is 21.1 Å². The summed E-state index contributed by atoms with van der Waals surface area (Å²) in [5.74, 6) is 0. The normalized spacial score (nSPS) is 13.8. The van der Waals surface area contributed by atoms with Crippen molar-refractivity contribution in [1.82, 2.24) is 9.55 Å². The lowest BCUT2D eigenvalue weighted by atomic mass is 9.82. The summed E-state index contributed by atoms with van der Waals surface area (Å²) in [5.41, 5.74) is 18.5. The summed E-state index contributed by atoms with van der Waals surface area (Å²) in [6, 6.07) is 55.6. The number of rotatable bonds is 6. The summed E-state index contributed by atoms with van der Waals surface area (Å²) >= 11 is 0. The Kier molecular flexibility index (Phi) is 7.29. The van der Waals surface area contributed by atoms with Gasteiger partial charge in [-0.1, -0.05) is 105 Å². The van der Waals surface area contributed by atoms with E-state index in [9.17, 15) is 0 Å². The molecule has 0 radical (unpaired) electrons. The molecule has 0 spiro atoms. The molecule has 0 aliphatic heterocycles. The zero-order valence-corrected chi connectivity index (χ0v) is 30.0. The van der Waals surface area contributed by atoms with E-state index in [1.807, 2.05) is 18.5 Å². The molecule has 2 aromatic heterocycles. The number of fused-ring (bicyclic) bond motifs is 6. The number of aryl methyl sites for hydroxylation is 1. The Balaban J connectivity index is 1.08. The van der Waals surface area contributed by atoms with Gasteiger partial charge in [-0.15, -0.1) is 0 Å². The molecule has 3 heteroatoms. The molecule has 2 heterocycles. The summed E-state index contributed by atoms with van der Waals surface area (Å²) in [5, 5.41) is 1.34. The summed E-state index contributed by atoms with van der Waals surface area (Å²) in [7, 11) is 0. The molecule has 0 N–H and O–H groups in total. The largest absolute Gasteiger partial charge is 0.310 e.